The average molecular weight is 226 g/mol. The molecular formula is C11H6N4O2. The van der Waals surface area contributed by atoms with Gasteiger partial charge < -0.3 is 9.67 Å². The van der Waals surface area contributed by atoms with Crippen molar-refractivity contribution in [1.29, 1.82) is 10.5 Å². The Hall–Kier alpha value is -2.86. The fraction of sp³-hybridized carbons (Fsp3) is 0.0909. The molecule has 2 heterocycles. The van der Waals surface area contributed by atoms with Crippen LogP contribution in [0.5, 0.6) is 5.75 Å². The van der Waals surface area contributed by atoms with Gasteiger partial charge in [0.1, 0.15) is 23.3 Å². The third-order valence-electron chi connectivity index (χ3n) is 2.44. The third-order valence-corrected chi connectivity index (χ3v) is 2.44. The number of aromatic hydroxyl groups is 1. The van der Waals surface area contributed by atoms with Crippen molar-refractivity contribution in [2.24, 2.45) is 7.05 Å². The van der Waals surface area contributed by atoms with E-state index in [-0.39, 0.29) is 16.8 Å². The number of hydrogen-bond acceptors (Lipinski definition) is 5. The predicted octanol–water partition coefficient (Wildman–Crippen LogP) is 0.382. The molecule has 0 aliphatic heterocycles. The first-order valence-corrected chi connectivity index (χ1v) is 4.63. The van der Waals surface area contributed by atoms with Crippen LogP contribution < -0.4 is 5.56 Å². The Balaban J connectivity index is 3.07. The highest BCUT2D eigenvalue weighted by molar-refractivity contribution is 5.83. The Morgan fingerprint density at radius 2 is 2.06 bits per heavy atom. The summed E-state index contributed by atoms with van der Waals surface area (Å²) in [5, 5.41) is 27.3. The van der Waals surface area contributed by atoms with E-state index in [0.717, 1.165) is 0 Å². The standard InChI is InChI=1S/C11H6N4O2/c1-15-8-3-2-6(4-12)14-9(8)10(16)7(5-13)11(15)17/h2-3,16H,1H3. The molecule has 82 valence electrons. The summed E-state index contributed by atoms with van der Waals surface area (Å²) >= 11 is 0. The lowest BCUT2D eigenvalue weighted by molar-refractivity contribution is 0.476. The van der Waals surface area contributed by atoms with E-state index in [4.69, 9.17) is 10.5 Å². The average Bonchev–Trinajstić information content (AvgIpc) is 2.36. The molecule has 0 amide bonds. The molecule has 2 aromatic heterocycles. The third kappa shape index (κ3) is 1.40. The maximum atomic E-state index is 11.7. The van der Waals surface area contributed by atoms with Crippen molar-refractivity contribution in [2.75, 3.05) is 0 Å². The summed E-state index contributed by atoms with van der Waals surface area (Å²) in [5.41, 5.74) is -0.421. The summed E-state index contributed by atoms with van der Waals surface area (Å²) in [5.74, 6) is -0.484. The number of aryl methyl sites for hydroxylation is 1. The SMILES string of the molecule is Cn1c(=O)c(C#N)c(O)c2nc(C#N)ccc21. The molecule has 6 heteroatoms. The van der Waals surface area contributed by atoms with Crippen molar-refractivity contribution >= 4 is 11.0 Å². The van der Waals surface area contributed by atoms with Gasteiger partial charge in [-0.3, -0.25) is 4.79 Å². The van der Waals surface area contributed by atoms with Crippen molar-refractivity contribution in [3.05, 3.63) is 33.7 Å². The highest BCUT2D eigenvalue weighted by Crippen LogP contribution is 2.23. The van der Waals surface area contributed by atoms with E-state index >= 15 is 0 Å². The first-order chi connectivity index (χ1) is 8.10. The fourth-order valence-corrected chi connectivity index (χ4v) is 1.56. The van der Waals surface area contributed by atoms with Gasteiger partial charge in [0.2, 0.25) is 0 Å². The molecule has 0 aliphatic rings. The minimum Gasteiger partial charge on any atom is -0.504 e. The van der Waals surface area contributed by atoms with E-state index in [0.29, 0.717) is 5.52 Å². The topological polar surface area (TPSA) is 103 Å². The van der Waals surface area contributed by atoms with Crippen LogP contribution in [0, 0.1) is 22.7 Å². The Kier molecular flexibility index (Phi) is 2.27. The van der Waals surface area contributed by atoms with Crippen LogP contribution in [0.3, 0.4) is 0 Å². The molecule has 2 aromatic rings. The molecule has 0 atom stereocenters. The van der Waals surface area contributed by atoms with Gasteiger partial charge in [-0.2, -0.15) is 10.5 Å². The number of aromatic nitrogens is 2. The van der Waals surface area contributed by atoms with Crippen LogP contribution in [0.1, 0.15) is 11.3 Å². The number of hydrogen-bond donors (Lipinski definition) is 1. The molecular weight excluding hydrogens is 220 g/mol. The second-order valence-electron chi connectivity index (χ2n) is 3.38. The summed E-state index contributed by atoms with van der Waals surface area (Å²) in [6.45, 7) is 0. The van der Waals surface area contributed by atoms with Gasteiger partial charge in [-0.25, -0.2) is 4.98 Å². The summed E-state index contributed by atoms with van der Waals surface area (Å²) in [4.78, 5) is 15.6. The van der Waals surface area contributed by atoms with Crippen LogP contribution in [-0.2, 0) is 7.05 Å². The number of pyridine rings is 2. The number of nitriles is 2. The van der Waals surface area contributed by atoms with Gasteiger partial charge in [0.25, 0.3) is 5.56 Å². The van der Waals surface area contributed by atoms with E-state index in [9.17, 15) is 9.90 Å². The monoisotopic (exact) mass is 226 g/mol. The highest BCUT2D eigenvalue weighted by Gasteiger charge is 2.15. The van der Waals surface area contributed by atoms with Crippen LogP contribution in [0.25, 0.3) is 11.0 Å². The van der Waals surface area contributed by atoms with Crippen molar-refractivity contribution in [3.63, 3.8) is 0 Å². The zero-order valence-electron chi connectivity index (χ0n) is 8.80. The lowest BCUT2D eigenvalue weighted by Gasteiger charge is -2.07. The lowest BCUT2D eigenvalue weighted by atomic mass is 10.2. The van der Waals surface area contributed by atoms with Crippen molar-refractivity contribution in [2.45, 2.75) is 0 Å². The lowest BCUT2D eigenvalue weighted by Crippen LogP contribution is -2.20. The molecule has 0 radical (unpaired) electrons. The minimum atomic E-state index is -0.594. The van der Waals surface area contributed by atoms with Gasteiger partial charge in [0, 0.05) is 7.05 Å². The van der Waals surface area contributed by atoms with Crippen LogP contribution in [-0.4, -0.2) is 14.7 Å². The quantitative estimate of drug-likeness (QED) is 0.699. The van der Waals surface area contributed by atoms with Gasteiger partial charge >= 0.3 is 0 Å². The minimum absolute atomic E-state index is 0.0719. The van der Waals surface area contributed by atoms with Gasteiger partial charge in [-0.15, -0.1) is 0 Å². The van der Waals surface area contributed by atoms with Gasteiger partial charge in [-0.1, -0.05) is 0 Å². The van der Waals surface area contributed by atoms with Crippen molar-refractivity contribution < 1.29 is 5.11 Å². The van der Waals surface area contributed by atoms with Gasteiger partial charge in [0.05, 0.1) is 5.52 Å². The van der Waals surface area contributed by atoms with Gasteiger partial charge in [-0.05, 0) is 12.1 Å². The number of fused-ring (bicyclic) bond motifs is 1. The molecule has 2 rings (SSSR count). The van der Waals surface area contributed by atoms with Gasteiger partial charge in [0.15, 0.2) is 11.3 Å². The second kappa shape index (κ2) is 3.62. The zero-order valence-corrected chi connectivity index (χ0v) is 8.80. The van der Waals surface area contributed by atoms with Crippen LogP contribution in [0.2, 0.25) is 0 Å². The van der Waals surface area contributed by atoms with E-state index < -0.39 is 11.3 Å². The zero-order chi connectivity index (χ0) is 12.6. The molecule has 1 N–H and O–H groups in total. The van der Waals surface area contributed by atoms with Crippen LogP contribution in [0.15, 0.2) is 16.9 Å². The number of nitrogens with zero attached hydrogens (tertiary/aromatic N) is 4. The van der Waals surface area contributed by atoms with Crippen LogP contribution in [0.4, 0.5) is 0 Å². The highest BCUT2D eigenvalue weighted by atomic mass is 16.3. The summed E-state index contributed by atoms with van der Waals surface area (Å²) in [6.07, 6.45) is 0. The Labute approximate surface area is 95.6 Å². The van der Waals surface area contributed by atoms with Crippen LogP contribution >= 0.6 is 0 Å². The smallest absolute Gasteiger partial charge is 0.272 e. The predicted molar refractivity (Wildman–Crippen MR) is 58.1 cm³/mol. The molecule has 0 spiro atoms. The Bertz CT molecular complexity index is 762. The summed E-state index contributed by atoms with van der Waals surface area (Å²) < 4.78 is 1.21. The van der Waals surface area contributed by atoms with Crippen molar-refractivity contribution in [3.8, 4) is 17.9 Å². The second-order valence-corrected chi connectivity index (χ2v) is 3.38. The molecule has 6 nitrogen and oxygen atoms in total. The summed E-state index contributed by atoms with van der Waals surface area (Å²) in [7, 11) is 1.47. The maximum absolute atomic E-state index is 11.7. The summed E-state index contributed by atoms with van der Waals surface area (Å²) in [6, 6.07) is 6.39. The van der Waals surface area contributed by atoms with E-state index in [1.54, 1.807) is 6.07 Å². The molecule has 0 unspecified atom stereocenters. The van der Waals surface area contributed by atoms with Crippen molar-refractivity contribution in [1.82, 2.24) is 9.55 Å². The maximum Gasteiger partial charge on any atom is 0.272 e. The molecule has 0 fully saturated rings. The first kappa shape index (κ1) is 10.7. The Morgan fingerprint density at radius 3 is 2.65 bits per heavy atom. The largest absolute Gasteiger partial charge is 0.504 e. The molecule has 17 heavy (non-hydrogen) atoms. The number of rotatable bonds is 0. The first-order valence-electron chi connectivity index (χ1n) is 4.63. The molecule has 0 saturated heterocycles. The Morgan fingerprint density at radius 1 is 1.35 bits per heavy atom. The molecule has 0 aromatic carbocycles. The van der Waals surface area contributed by atoms with E-state index in [2.05, 4.69) is 4.98 Å². The fourth-order valence-electron chi connectivity index (χ4n) is 1.56. The molecule has 0 bridgehead atoms. The normalized spacial score (nSPS) is 9.82. The molecule has 0 saturated carbocycles. The van der Waals surface area contributed by atoms with E-state index in [1.807, 2.05) is 6.07 Å². The molecule has 0 aliphatic carbocycles. The van der Waals surface area contributed by atoms with E-state index in [1.165, 1.54) is 23.7 Å².